The molecule has 1 fully saturated rings. The second-order valence-electron chi connectivity index (χ2n) is 6.57. The molecule has 2 aliphatic heterocycles. The summed E-state index contributed by atoms with van der Waals surface area (Å²) in [5, 5.41) is 3.04. The van der Waals surface area contributed by atoms with Crippen LogP contribution in [-0.2, 0) is 27.3 Å². The third-order valence-corrected chi connectivity index (χ3v) is 4.61. The Bertz CT molecular complexity index is 783. The number of rotatable bonds is 6. The van der Waals surface area contributed by atoms with E-state index in [2.05, 4.69) is 10.3 Å². The minimum absolute atomic E-state index is 0.0733. The Morgan fingerprint density at radius 2 is 2.15 bits per heavy atom. The van der Waals surface area contributed by atoms with Crippen molar-refractivity contribution in [1.29, 1.82) is 0 Å². The number of nitrogens with zero attached hydrogens (tertiary/aromatic N) is 1. The van der Waals surface area contributed by atoms with Crippen LogP contribution < -0.4 is 14.8 Å². The number of benzene rings is 1. The van der Waals surface area contributed by atoms with Crippen LogP contribution in [0.3, 0.4) is 0 Å². The number of pyridine rings is 1. The Kier molecular flexibility index (Phi) is 5.50. The highest BCUT2D eigenvalue weighted by atomic mass is 16.7. The number of nitrogens with one attached hydrogen (secondary N) is 1. The molecule has 0 saturated carbocycles. The van der Waals surface area contributed by atoms with Crippen molar-refractivity contribution < 1.29 is 23.7 Å². The van der Waals surface area contributed by atoms with Crippen LogP contribution >= 0.6 is 0 Å². The third kappa shape index (κ3) is 4.56. The largest absolute Gasteiger partial charge is 0.454 e. The summed E-state index contributed by atoms with van der Waals surface area (Å²) in [4.78, 5) is 16.8. The smallest absolute Gasteiger partial charge is 0.231 e. The van der Waals surface area contributed by atoms with Gasteiger partial charge in [-0.25, -0.2) is 0 Å². The molecule has 4 rings (SSSR count). The molecule has 1 amide bonds. The van der Waals surface area contributed by atoms with Crippen molar-refractivity contribution in [3.05, 3.63) is 53.9 Å². The number of carbonyl (C=O) groups is 1. The summed E-state index contributed by atoms with van der Waals surface area (Å²) < 4.78 is 22.2. The molecule has 0 aliphatic carbocycles. The van der Waals surface area contributed by atoms with Gasteiger partial charge in [-0.2, -0.15) is 0 Å². The lowest BCUT2D eigenvalue weighted by molar-refractivity contribution is -0.125. The van der Waals surface area contributed by atoms with Crippen LogP contribution in [0.15, 0.2) is 42.6 Å². The van der Waals surface area contributed by atoms with E-state index in [1.165, 1.54) is 0 Å². The van der Waals surface area contributed by atoms with E-state index in [4.69, 9.17) is 18.9 Å². The fourth-order valence-corrected chi connectivity index (χ4v) is 3.22. The molecule has 0 unspecified atom stereocenters. The average molecular weight is 370 g/mol. The highest BCUT2D eigenvalue weighted by Crippen LogP contribution is 2.32. The minimum atomic E-state index is -0.177. The van der Waals surface area contributed by atoms with E-state index in [1.807, 2.05) is 36.4 Å². The molecule has 142 valence electrons. The van der Waals surface area contributed by atoms with Gasteiger partial charge in [0.1, 0.15) is 0 Å². The molecule has 1 N–H and O–H groups in total. The number of aromatic nitrogens is 1. The van der Waals surface area contributed by atoms with Crippen molar-refractivity contribution >= 4 is 5.91 Å². The highest BCUT2D eigenvalue weighted by molar-refractivity contribution is 5.79. The van der Waals surface area contributed by atoms with E-state index in [0.29, 0.717) is 31.3 Å². The maximum Gasteiger partial charge on any atom is 0.231 e. The molecule has 1 aromatic carbocycles. The van der Waals surface area contributed by atoms with Crippen LogP contribution in [0.25, 0.3) is 0 Å². The second-order valence-corrected chi connectivity index (χ2v) is 6.57. The highest BCUT2D eigenvalue weighted by Gasteiger charge is 2.28. The Labute approximate surface area is 157 Å². The standard InChI is InChI=1S/C20H22N2O5/c23-20(10-14-4-5-18-19(9-14)27-13-26-18)22-16-12-24-8-6-17(16)25-11-15-3-1-2-7-21-15/h1-5,7,9,16-17H,6,8,10-13H2,(H,22,23)/t16-,17+/m1/s1. The van der Waals surface area contributed by atoms with Crippen molar-refractivity contribution in [1.82, 2.24) is 10.3 Å². The summed E-state index contributed by atoms with van der Waals surface area (Å²) in [6, 6.07) is 11.1. The first-order valence-corrected chi connectivity index (χ1v) is 9.05. The third-order valence-electron chi connectivity index (χ3n) is 4.61. The first kappa shape index (κ1) is 17.8. The average Bonchev–Trinajstić information content (AvgIpc) is 3.16. The summed E-state index contributed by atoms with van der Waals surface area (Å²) in [6.07, 6.45) is 2.65. The van der Waals surface area contributed by atoms with Gasteiger partial charge >= 0.3 is 0 Å². The van der Waals surface area contributed by atoms with Crippen LogP contribution in [0.2, 0.25) is 0 Å². The van der Waals surface area contributed by atoms with Crippen LogP contribution in [0, 0.1) is 0 Å². The summed E-state index contributed by atoms with van der Waals surface area (Å²) >= 11 is 0. The van der Waals surface area contributed by atoms with Crippen molar-refractivity contribution in [2.24, 2.45) is 0 Å². The monoisotopic (exact) mass is 370 g/mol. The Balaban J connectivity index is 1.32. The van der Waals surface area contributed by atoms with Gasteiger partial charge in [0.15, 0.2) is 11.5 Å². The van der Waals surface area contributed by atoms with Gasteiger partial charge in [-0.3, -0.25) is 9.78 Å². The fraction of sp³-hybridized carbons (Fsp3) is 0.400. The molecule has 1 aromatic heterocycles. The Morgan fingerprint density at radius 1 is 1.22 bits per heavy atom. The number of hydrogen-bond donors (Lipinski definition) is 1. The normalized spacial score (nSPS) is 21.0. The number of fused-ring (bicyclic) bond motifs is 1. The lowest BCUT2D eigenvalue weighted by Gasteiger charge is -2.32. The van der Waals surface area contributed by atoms with E-state index >= 15 is 0 Å². The lowest BCUT2D eigenvalue weighted by atomic mass is 10.1. The number of carbonyl (C=O) groups excluding carboxylic acids is 1. The number of ether oxygens (including phenoxy) is 4. The molecule has 2 aromatic rings. The van der Waals surface area contributed by atoms with Crippen molar-refractivity contribution in [2.45, 2.75) is 31.6 Å². The molecule has 3 heterocycles. The fourth-order valence-electron chi connectivity index (χ4n) is 3.22. The molecule has 27 heavy (non-hydrogen) atoms. The Hall–Kier alpha value is -2.64. The van der Waals surface area contributed by atoms with Crippen molar-refractivity contribution in [3.63, 3.8) is 0 Å². The molecule has 2 atom stereocenters. The zero-order chi connectivity index (χ0) is 18.5. The summed E-state index contributed by atoms with van der Waals surface area (Å²) in [7, 11) is 0. The minimum Gasteiger partial charge on any atom is -0.454 e. The summed E-state index contributed by atoms with van der Waals surface area (Å²) in [6.45, 7) is 1.71. The van der Waals surface area contributed by atoms with Gasteiger partial charge in [-0.1, -0.05) is 12.1 Å². The maximum absolute atomic E-state index is 12.5. The SMILES string of the molecule is O=C(Cc1ccc2c(c1)OCO2)N[C@@H]1COCC[C@@H]1OCc1ccccn1. The van der Waals surface area contributed by atoms with Crippen molar-refractivity contribution in [2.75, 3.05) is 20.0 Å². The quantitative estimate of drug-likeness (QED) is 0.836. The van der Waals surface area contributed by atoms with E-state index in [1.54, 1.807) is 6.20 Å². The molecule has 0 bridgehead atoms. The predicted octanol–water partition coefficient (Wildman–Crippen LogP) is 1.84. The molecule has 1 saturated heterocycles. The van der Waals surface area contributed by atoms with E-state index in [0.717, 1.165) is 17.7 Å². The van der Waals surface area contributed by atoms with Gasteiger partial charge < -0.3 is 24.3 Å². The zero-order valence-corrected chi connectivity index (χ0v) is 14.9. The van der Waals surface area contributed by atoms with Gasteiger partial charge in [0.05, 0.1) is 37.5 Å². The van der Waals surface area contributed by atoms with Gasteiger partial charge in [0.2, 0.25) is 12.7 Å². The van der Waals surface area contributed by atoms with Crippen LogP contribution in [-0.4, -0.2) is 43.0 Å². The second kappa shape index (κ2) is 8.37. The molecule has 7 nitrogen and oxygen atoms in total. The predicted molar refractivity (Wildman–Crippen MR) is 96.4 cm³/mol. The van der Waals surface area contributed by atoms with E-state index < -0.39 is 0 Å². The van der Waals surface area contributed by atoms with Crippen LogP contribution in [0.1, 0.15) is 17.7 Å². The first-order valence-electron chi connectivity index (χ1n) is 9.05. The van der Waals surface area contributed by atoms with Gasteiger partial charge in [0.25, 0.3) is 0 Å². The maximum atomic E-state index is 12.5. The molecule has 0 radical (unpaired) electrons. The summed E-state index contributed by atoms with van der Waals surface area (Å²) in [5.41, 5.74) is 1.74. The van der Waals surface area contributed by atoms with E-state index in [-0.39, 0.29) is 31.3 Å². The van der Waals surface area contributed by atoms with Crippen LogP contribution in [0.4, 0.5) is 0 Å². The van der Waals surface area contributed by atoms with Crippen LogP contribution in [0.5, 0.6) is 11.5 Å². The Morgan fingerprint density at radius 3 is 3.04 bits per heavy atom. The van der Waals surface area contributed by atoms with E-state index in [9.17, 15) is 4.79 Å². The lowest BCUT2D eigenvalue weighted by Crippen LogP contribution is -2.50. The molecule has 0 spiro atoms. The number of amides is 1. The molecular weight excluding hydrogens is 348 g/mol. The van der Waals surface area contributed by atoms with Crippen molar-refractivity contribution in [3.8, 4) is 11.5 Å². The van der Waals surface area contributed by atoms with Gasteiger partial charge in [-0.05, 0) is 36.2 Å². The van der Waals surface area contributed by atoms with Gasteiger partial charge in [-0.15, -0.1) is 0 Å². The topological polar surface area (TPSA) is 78.9 Å². The van der Waals surface area contributed by atoms with Gasteiger partial charge in [0, 0.05) is 12.8 Å². The summed E-state index contributed by atoms with van der Waals surface area (Å²) in [5.74, 6) is 1.32. The first-order chi connectivity index (χ1) is 13.3. The molecule has 2 aliphatic rings. The zero-order valence-electron chi connectivity index (χ0n) is 14.9. The molecular formula is C20H22N2O5. The number of hydrogen-bond acceptors (Lipinski definition) is 6. The molecule has 7 heteroatoms.